The van der Waals surface area contributed by atoms with Crippen molar-refractivity contribution < 1.29 is 66.2 Å². The first-order chi connectivity index (χ1) is 34.3. The number of non-ortho nitro benzene ring substituents is 4. The van der Waals surface area contributed by atoms with Crippen LogP contribution in [-0.4, -0.2) is 71.4 Å². The number of benzene rings is 5. The van der Waals surface area contributed by atoms with Crippen LogP contribution in [0.2, 0.25) is 20.1 Å². The van der Waals surface area contributed by atoms with Gasteiger partial charge in [0.05, 0.1) is 82.3 Å². The van der Waals surface area contributed by atoms with Crippen LogP contribution >= 0.6 is 91.6 Å². The maximum absolute atomic E-state index is 11.8. The van der Waals surface area contributed by atoms with Gasteiger partial charge in [-0.3, -0.25) is 50.6 Å². The normalized spacial score (nSPS) is 10.2. The van der Waals surface area contributed by atoms with Crippen LogP contribution in [0.5, 0.6) is 34.5 Å². The minimum atomic E-state index is -4.48. The third-order valence-corrected chi connectivity index (χ3v) is 11.1. The Bertz CT molecular complexity index is 2680. The Balaban J connectivity index is 0.000000457. The number of nitro benzene ring substituents is 5. The van der Waals surface area contributed by atoms with Crippen molar-refractivity contribution in [2.45, 2.75) is 46.2 Å². The van der Waals surface area contributed by atoms with E-state index < -0.39 is 37.4 Å². The number of nitro groups is 5. The van der Waals surface area contributed by atoms with Gasteiger partial charge in [-0.25, -0.2) is 0 Å². The first kappa shape index (κ1) is 65.3. The predicted molar refractivity (Wildman–Crippen MR) is 283 cm³/mol. The maximum Gasteiger partial charge on any atom is 0.422 e. The summed E-state index contributed by atoms with van der Waals surface area (Å²) in [6, 6.07) is 16.9. The summed E-state index contributed by atoms with van der Waals surface area (Å²) >= 11 is 26.8. The van der Waals surface area contributed by atoms with Gasteiger partial charge in [-0.2, -0.15) is 13.2 Å². The Labute approximate surface area is 461 Å². The highest BCUT2D eigenvalue weighted by Gasteiger charge is 2.29. The number of ether oxygens (including phenoxy) is 6. The molecule has 0 fully saturated rings. The lowest BCUT2D eigenvalue weighted by Crippen LogP contribution is -2.19. The van der Waals surface area contributed by atoms with Gasteiger partial charge < -0.3 is 28.4 Å². The fourth-order valence-corrected chi connectivity index (χ4v) is 8.05. The summed E-state index contributed by atoms with van der Waals surface area (Å²) in [5, 5.41) is 52.8. The molecule has 0 spiro atoms. The van der Waals surface area contributed by atoms with Crippen LogP contribution in [0.4, 0.5) is 41.6 Å². The van der Waals surface area contributed by atoms with Gasteiger partial charge in [0.15, 0.2) is 6.61 Å². The minimum Gasteiger partial charge on any atom is -0.494 e. The summed E-state index contributed by atoms with van der Waals surface area (Å²) in [5.74, 6) is 2.03. The Morgan fingerprint density at radius 1 is 0.507 bits per heavy atom. The van der Waals surface area contributed by atoms with E-state index in [1.807, 2.05) is 59.0 Å². The van der Waals surface area contributed by atoms with Crippen LogP contribution in [0, 0.1) is 57.7 Å². The van der Waals surface area contributed by atoms with Crippen LogP contribution in [0.25, 0.3) is 0 Å². The van der Waals surface area contributed by atoms with Crippen molar-refractivity contribution >= 4 is 120 Å². The number of hydrogen-bond acceptors (Lipinski definition) is 16. The molecule has 0 aromatic heterocycles. The van der Waals surface area contributed by atoms with Crippen molar-refractivity contribution in [3.05, 3.63) is 157 Å². The number of nitrogens with zero attached hydrogens (tertiary/aromatic N) is 5. The largest absolute Gasteiger partial charge is 0.494 e. The smallest absolute Gasteiger partial charge is 0.422 e. The fraction of sp³-hybridized carbons (Fsp3) is 0.302. The second kappa shape index (κ2) is 33.2. The molecule has 0 aliphatic carbocycles. The van der Waals surface area contributed by atoms with Gasteiger partial charge in [-0.05, 0) is 89.2 Å². The molecule has 73 heavy (non-hydrogen) atoms. The first-order valence-electron chi connectivity index (χ1n) is 20.3. The number of methoxy groups -OCH3 is 2. The van der Waals surface area contributed by atoms with Gasteiger partial charge in [-0.1, -0.05) is 66.7 Å². The lowest BCUT2D eigenvalue weighted by Gasteiger charge is -2.10. The van der Waals surface area contributed by atoms with Gasteiger partial charge in [0.25, 0.3) is 22.7 Å². The third-order valence-electron chi connectivity index (χ3n) is 8.13. The molecular formula is C43H42Cl4F3I2N5O16. The summed E-state index contributed by atoms with van der Waals surface area (Å²) in [4.78, 5) is 49.6. The molecule has 0 aliphatic rings. The minimum absolute atomic E-state index is 0.0251. The number of alkyl halides is 3. The van der Waals surface area contributed by atoms with Gasteiger partial charge in [0, 0.05) is 54.6 Å². The molecule has 5 aromatic carbocycles. The maximum atomic E-state index is 11.8. The quantitative estimate of drug-likeness (QED) is 0.0341. The molecule has 0 unspecified atom stereocenters. The number of hydrogen-bond donors (Lipinski definition) is 0. The molecule has 0 radical (unpaired) electrons. The van der Waals surface area contributed by atoms with Gasteiger partial charge >= 0.3 is 11.9 Å². The Morgan fingerprint density at radius 2 is 0.863 bits per heavy atom. The highest BCUT2D eigenvalue weighted by atomic mass is 127. The van der Waals surface area contributed by atoms with Gasteiger partial charge in [-0.15, -0.1) is 0 Å². The van der Waals surface area contributed by atoms with Crippen LogP contribution in [0.15, 0.2) is 78.9 Å². The SMILES string of the molecule is CCCCOc1ccc([N+](=O)[O-])cc1Cl.CCCOc1ccc([N+](=O)[O-])cc1Cl.CCOc1ccc([N+](=O)[O-])cc1Cl.COc1c(I)cc([N+](=O)[O-])c(OC)c1I.O=[N+]([O-])c1ccc(OCC(F)(F)F)c(Cl)c1. The molecule has 5 rings (SSSR count). The molecule has 0 atom stereocenters. The molecule has 0 aliphatic heterocycles. The Kier molecular flexibility index (Phi) is 29.7. The standard InChI is InChI=1S/C10H12ClNO3.C9H10ClNO3.C8H5ClF3NO3.C8H8ClNO3.C8H7I2NO4/c1-2-3-6-15-10-5-4-8(12(13)14)7-9(10)11;1-2-5-14-9-4-3-7(11(12)13)6-8(9)10;9-6-3-5(13(14)15)1-2-7(6)16-4-8(10,11)12;1-2-13-8-4-3-6(10(11)12)5-7(8)9;1-14-7-4(9)3-5(11(12)13)8(15-2)6(7)10/h4-5,7H,2-3,6H2,1H3;3-4,6H,2,5H2,1H3;1-3H,4H2;3-5H,2H2,1H3;3H,1-2H3. The van der Waals surface area contributed by atoms with Crippen molar-refractivity contribution in [3.8, 4) is 34.5 Å². The molecular weight excluding hydrogens is 1300 g/mol. The summed E-state index contributed by atoms with van der Waals surface area (Å²) in [6.07, 6.45) is -1.64. The van der Waals surface area contributed by atoms with E-state index >= 15 is 0 Å². The third kappa shape index (κ3) is 23.4. The van der Waals surface area contributed by atoms with E-state index in [4.69, 9.17) is 70.1 Å². The van der Waals surface area contributed by atoms with Crippen LogP contribution in [-0.2, 0) is 0 Å². The average molecular weight is 1340 g/mol. The number of halogens is 9. The average Bonchev–Trinajstić information content (AvgIpc) is 3.32. The molecule has 398 valence electrons. The van der Waals surface area contributed by atoms with E-state index in [2.05, 4.69) is 11.7 Å². The van der Waals surface area contributed by atoms with Crippen LogP contribution in [0.3, 0.4) is 0 Å². The molecule has 0 bridgehead atoms. The van der Waals surface area contributed by atoms with Crippen LogP contribution < -0.4 is 28.4 Å². The lowest BCUT2D eigenvalue weighted by molar-refractivity contribution is -0.386. The second-order valence-corrected chi connectivity index (χ2v) is 17.3. The van der Waals surface area contributed by atoms with E-state index in [1.54, 1.807) is 0 Å². The van der Waals surface area contributed by atoms with E-state index in [9.17, 15) is 63.7 Å². The highest BCUT2D eigenvalue weighted by Crippen LogP contribution is 2.41. The zero-order chi connectivity index (χ0) is 55.6. The summed E-state index contributed by atoms with van der Waals surface area (Å²) in [6.45, 7) is 5.96. The summed E-state index contributed by atoms with van der Waals surface area (Å²) in [5.41, 5.74) is -0.452. The molecule has 0 saturated carbocycles. The molecule has 21 nitrogen and oxygen atoms in total. The van der Waals surface area contributed by atoms with Crippen molar-refractivity contribution in [3.63, 3.8) is 0 Å². The van der Waals surface area contributed by atoms with Crippen molar-refractivity contribution in [2.75, 3.05) is 40.6 Å². The molecule has 0 N–H and O–H groups in total. The predicted octanol–water partition coefficient (Wildman–Crippen LogP) is 15.1. The molecule has 0 saturated heterocycles. The first-order valence-corrected chi connectivity index (χ1v) is 24.0. The van der Waals surface area contributed by atoms with Crippen molar-refractivity contribution in [1.82, 2.24) is 0 Å². The van der Waals surface area contributed by atoms with Gasteiger partial charge in [0.2, 0.25) is 5.75 Å². The zero-order valence-corrected chi connectivity index (χ0v) is 46.0. The topological polar surface area (TPSA) is 271 Å². The number of rotatable bonds is 18. The molecule has 0 amide bonds. The zero-order valence-electron chi connectivity index (χ0n) is 38.6. The molecule has 0 heterocycles. The summed E-state index contributed by atoms with van der Waals surface area (Å²) < 4.78 is 66.9. The number of unbranched alkanes of at least 4 members (excludes halogenated alkanes) is 1. The molecule has 30 heteroatoms. The highest BCUT2D eigenvalue weighted by molar-refractivity contribution is 14.1. The second-order valence-electron chi connectivity index (χ2n) is 13.4. The monoisotopic (exact) mass is 1330 g/mol. The van der Waals surface area contributed by atoms with E-state index in [0.29, 0.717) is 50.0 Å². The fourth-order valence-electron chi connectivity index (χ4n) is 4.82. The van der Waals surface area contributed by atoms with Crippen LogP contribution in [0.1, 0.15) is 40.0 Å². The van der Waals surface area contributed by atoms with Crippen molar-refractivity contribution in [1.29, 1.82) is 0 Å². The lowest BCUT2D eigenvalue weighted by atomic mass is 10.3. The van der Waals surface area contributed by atoms with Gasteiger partial charge in [0.1, 0.15) is 32.3 Å². The summed E-state index contributed by atoms with van der Waals surface area (Å²) in [7, 11) is 2.92. The Hall–Kier alpha value is -5.69. The molecule has 5 aromatic rings. The Morgan fingerprint density at radius 3 is 1.15 bits per heavy atom. The van der Waals surface area contributed by atoms with E-state index in [1.165, 1.54) is 74.9 Å². The van der Waals surface area contributed by atoms with E-state index in [0.717, 1.165) is 37.5 Å². The van der Waals surface area contributed by atoms with Crippen molar-refractivity contribution in [2.24, 2.45) is 0 Å². The van der Waals surface area contributed by atoms with E-state index in [-0.39, 0.29) is 60.0 Å².